The third-order valence-corrected chi connectivity index (χ3v) is 3.60. The number of hydrogen-bond acceptors (Lipinski definition) is 1. The minimum Gasteiger partial charge on any atom is -0.324 e. The molecule has 94 valence electrons. The first-order chi connectivity index (χ1) is 8.56. The Morgan fingerprint density at radius 3 is 2.44 bits per heavy atom. The van der Waals surface area contributed by atoms with Gasteiger partial charge in [0.15, 0.2) is 0 Å². The second-order valence-corrected chi connectivity index (χ2v) is 5.42. The van der Waals surface area contributed by atoms with Gasteiger partial charge >= 0.3 is 0 Å². The van der Waals surface area contributed by atoms with Gasteiger partial charge in [-0.15, -0.1) is 0 Å². The Morgan fingerprint density at radius 2 is 1.83 bits per heavy atom. The number of halogens is 3. The predicted molar refractivity (Wildman–Crippen MR) is 76.2 cm³/mol. The molecule has 2 rings (SSSR count). The van der Waals surface area contributed by atoms with Gasteiger partial charge in [0.2, 0.25) is 0 Å². The lowest BCUT2D eigenvalue weighted by molar-refractivity contribution is 0.624. The zero-order valence-electron chi connectivity index (χ0n) is 9.54. The normalized spacial score (nSPS) is 12.4. The average molecular weight is 329 g/mol. The van der Waals surface area contributed by atoms with Crippen molar-refractivity contribution in [3.8, 4) is 0 Å². The van der Waals surface area contributed by atoms with E-state index in [2.05, 4.69) is 15.9 Å². The van der Waals surface area contributed by atoms with E-state index in [-0.39, 0.29) is 11.9 Å². The van der Waals surface area contributed by atoms with Gasteiger partial charge in [0.1, 0.15) is 5.82 Å². The largest absolute Gasteiger partial charge is 0.324 e. The molecule has 1 atom stereocenters. The summed E-state index contributed by atoms with van der Waals surface area (Å²) >= 11 is 9.50. The third-order valence-electron chi connectivity index (χ3n) is 2.75. The Morgan fingerprint density at radius 1 is 1.17 bits per heavy atom. The summed E-state index contributed by atoms with van der Waals surface area (Å²) in [6, 6.07) is 11.8. The first kappa shape index (κ1) is 13.5. The van der Waals surface area contributed by atoms with E-state index in [9.17, 15) is 4.39 Å². The van der Waals surface area contributed by atoms with E-state index in [1.807, 2.05) is 18.2 Å². The lowest BCUT2D eigenvalue weighted by Crippen LogP contribution is -2.13. The molecule has 0 bridgehead atoms. The van der Waals surface area contributed by atoms with E-state index in [0.29, 0.717) is 11.4 Å². The van der Waals surface area contributed by atoms with Crippen molar-refractivity contribution in [2.75, 3.05) is 0 Å². The van der Waals surface area contributed by atoms with Crippen LogP contribution < -0.4 is 5.73 Å². The van der Waals surface area contributed by atoms with Gasteiger partial charge in [-0.3, -0.25) is 0 Å². The van der Waals surface area contributed by atoms with Crippen LogP contribution in [0.2, 0.25) is 5.02 Å². The van der Waals surface area contributed by atoms with Crippen LogP contribution in [-0.2, 0) is 6.42 Å². The van der Waals surface area contributed by atoms with Gasteiger partial charge in [-0.2, -0.15) is 0 Å². The van der Waals surface area contributed by atoms with Gasteiger partial charge in [-0.05, 0) is 41.8 Å². The number of rotatable bonds is 3. The van der Waals surface area contributed by atoms with Crippen LogP contribution in [0.4, 0.5) is 4.39 Å². The van der Waals surface area contributed by atoms with Crippen LogP contribution in [0.1, 0.15) is 17.2 Å². The van der Waals surface area contributed by atoms with Gasteiger partial charge < -0.3 is 5.73 Å². The Bertz CT molecular complexity index is 542. The molecule has 0 aliphatic carbocycles. The molecule has 0 aliphatic heterocycles. The molecule has 0 aromatic heterocycles. The molecule has 0 radical (unpaired) electrons. The van der Waals surface area contributed by atoms with Crippen LogP contribution in [0.25, 0.3) is 0 Å². The highest BCUT2D eigenvalue weighted by molar-refractivity contribution is 9.10. The molecule has 0 spiro atoms. The summed E-state index contributed by atoms with van der Waals surface area (Å²) in [5, 5.41) is 0.682. The molecule has 18 heavy (non-hydrogen) atoms. The lowest BCUT2D eigenvalue weighted by Gasteiger charge is -2.13. The minimum absolute atomic E-state index is 0.190. The maximum atomic E-state index is 12.8. The van der Waals surface area contributed by atoms with Gasteiger partial charge in [-0.25, -0.2) is 4.39 Å². The van der Waals surface area contributed by atoms with Crippen molar-refractivity contribution in [2.24, 2.45) is 5.73 Å². The molecule has 0 fully saturated rings. The first-order valence-corrected chi connectivity index (χ1v) is 6.68. The molecule has 2 aromatic rings. The summed E-state index contributed by atoms with van der Waals surface area (Å²) in [4.78, 5) is 0. The fraction of sp³-hybridized carbons (Fsp3) is 0.143. The highest BCUT2D eigenvalue weighted by Gasteiger charge is 2.10. The van der Waals surface area contributed by atoms with E-state index in [1.165, 1.54) is 12.1 Å². The molecule has 0 saturated carbocycles. The van der Waals surface area contributed by atoms with Crippen molar-refractivity contribution in [1.29, 1.82) is 0 Å². The smallest absolute Gasteiger partial charge is 0.123 e. The van der Waals surface area contributed by atoms with Crippen LogP contribution >= 0.6 is 27.5 Å². The van der Waals surface area contributed by atoms with E-state index >= 15 is 0 Å². The molecule has 0 heterocycles. The number of hydrogen-bond donors (Lipinski definition) is 1. The van der Waals surface area contributed by atoms with E-state index < -0.39 is 0 Å². The van der Waals surface area contributed by atoms with Crippen molar-refractivity contribution < 1.29 is 4.39 Å². The van der Waals surface area contributed by atoms with Crippen LogP contribution in [0.5, 0.6) is 0 Å². The van der Waals surface area contributed by atoms with Crippen molar-refractivity contribution in [2.45, 2.75) is 12.5 Å². The molecular weight excluding hydrogens is 317 g/mol. The first-order valence-electron chi connectivity index (χ1n) is 5.51. The molecule has 1 nitrogen and oxygen atoms in total. The fourth-order valence-corrected chi connectivity index (χ4v) is 2.50. The Kier molecular flexibility index (Phi) is 4.38. The van der Waals surface area contributed by atoms with Crippen molar-refractivity contribution in [3.05, 3.63) is 68.9 Å². The molecule has 4 heteroatoms. The summed E-state index contributed by atoms with van der Waals surface area (Å²) in [5.74, 6) is -0.257. The van der Waals surface area contributed by atoms with E-state index in [1.54, 1.807) is 12.1 Å². The molecular formula is C14H12BrClFN. The number of nitrogens with two attached hydrogens (primary N) is 1. The van der Waals surface area contributed by atoms with Crippen molar-refractivity contribution >= 4 is 27.5 Å². The van der Waals surface area contributed by atoms with Crippen LogP contribution in [-0.4, -0.2) is 0 Å². The maximum Gasteiger partial charge on any atom is 0.123 e. The number of benzene rings is 2. The average Bonchev–Trinajstić information content (AvgIpc) is 2.33. The molecule has 2 aromatic carbocycles. The quantitative estimate of drug-likeness (QED) is 0.883. The topological polar surface area (TPSA) is 26.0 Å². The van der Waals surface area contributed by atoms with Crippen molar-refractivity contribution in [3.63, 3.8) is 0 Å². The van der Waals surface area contributed by atoms with Gasteiger partial charge in [-0.1, -0.05) is 45.7 Å². The monoisotopic (exact) mass is 327 g/mol. The zero-order chi connectivity index (χ0) is 13.1. The van der Waals surface area contributed by atoms with E-state index in [0.717, 1.165) is 15.6 Å². The maximum absolute atomic E-state index is 12.8. The van der Waals surface area contributed by atoms with Crippen LogP contribution in [0.15, 0.2) is 46.9 Å². The van der Waals surface area contributed by atoms with Gasteiger partial charge in [0.05, 0.1) is 0 Å². The summed E-state index contributed by atoms with van der Waals surface area (Å²) in [5.41, 5.74) is 7.97. The SMILES string of the molecule is NC(Cc1ccc(Br)cc1Cl)c1ccc(F)cc1. The lowest BCUT2D eigenvalue weighted by atomic mass is 10.00. The van der Waals surface area contributed by atoms with Crippen molar-refractivity contribution in [1.82, 2.24) is 0 Å². The van der Waals surface area contributed by atoms with Crippen LogP contribution in [0, 0.1) is 5.82 Å². The Hall–Kier alpha value is -0.900. The molecule has 0 aliphatic rings. The molecule has 0 amide bonds. The van der Waals surface area contributed by atoms with Crippen LogP contribution in [0.3, 0.4) is 0 Å². The molecule has 1 unspecified atom stereocenters. The van der Waals surface area contributed by atoms with Gasteiger partial charge in [0, 0.05) is 15.5 Å². The molecule has 0 saturated heterocycles. The Balaban J connectivity index is 2.15. The summed E-state index contributed by atoms with van der Waals surface area (Å²) in [6.07, 6.45) is 0.623. The predicted octanol–water partition coefficient (Wildman–Crippen LogP) is 4.48. The van der Waals surface area contributed by atoms with Gasteiger partial charge in [0.25, 0.3) is 0 Å². The standard InChI is InChI=1S/C14H12BrClFN/c15-11-4-1-10(13(16)8-11)7-14(18)9-2-5-12(17)6-3-9/h1-6,8,14H,7,18H2. The second kappa shape index (κ2) is 5.83. The molecule has 2 N–H and O–H groups in total. The summed E-state index contributed by atoms with van der Waals surface area (Å²) in [7, 11) is 0. The third kappa shape index (κ3) is 3.31. The fourth-order valence-electron chi connectivity index (χ4n) is 1.75. The Labute approximate surface area is 119 Å². The summed E-state index contributed by atoms with van der Waals surface area (Å²) in [6.45, 7) is 0. The minimum atomic E-state index is -0.257. The highest BCUT2D eigenvalue weighted by atomic mass is 79.9. The van der Waals surface area contributed by atoms with E-state index in [4.69, 9.17) is 17.3 Å². The highest BCUT2D eigenvalue weighted by Crippen LogP contribution is 2.25. The second-order valence-electron chi connectivity index (χ2n) is 4.10. The zero-order valence-corrected chi connectivity index (χ0v) is 11.9. The summed E-state index contributed by atoms with van der Waals surface area (Å²) < 4.78 is 13.8.